The number of nitrogens with one attached hydrogen (secondary N) is 1. The van der Waals surface area contributed by atoms with E-state index in [0.29, 0.717) is 27.7 Å². The number of hydrogen-bond donors (Lipinski definition) is 1. The summed E-state index contributed by atoms with van der Waals surface area (Å²) < 4.78 is 43.2. The molecule has 3 heterocycles. The molecular formula is C23H26F3N5OS. The fourth-order valence-electron chi connectivity index (χ4n) is 5.30. The maximum Gasteiger partial charge on any atom is 0.573 e. The Balaban J connectivity index is 1.06. The van der Waals surface area contributed by atoms with Crippen molar-refractivity contribution in [2.24, 2.45) is 11.3 Å². The highest BCUT2D eigenvalue weighted by Gasteiger charge is 2.46. The third-order valence-electron chi connectivity index (χ3n) is 7.22. The molecule has 1 spiro atoms. The van der Waals surface area contributed by atoms with Gasteiger partial charge in [-0.3, -0.25) is 0 Å². The Morgan fingerprint density at radius 1 is 1.18 bits per heavy atom. The molecule has 3 aromatic rings. The highest BCUT2D eigenvalue weighted by atomic mass is 32.1. The van der Waals surface area contributed by atoms with Crippen LogP contribution in [0.25, 0.3) is 16.2 Å². The number of hydrogen-bond acceptors (Lipinski definition) is 6. The number of piperidine rings is 1. The summed E-state index contributed by atoms with van der Waals surface area (Å²) in [5.41, 5.74) is 1.62. The third kappa shape index (κ3) is 4.68. The Labute approximate surface area is 193 Å². The maximum absolute atomic E-state index is 12.5. The van der Waals surface area contributed by atoms with Crippen LogP contribution in [-0.4, -0.2) is 51.5 Å². The molecule has 10 heteroatoms. The van der Waals surface area contributed by atoms with Gasteiger partial charge < -0.3 is 15.0 Å². The minimum absolute atomic E-state index is 0.260. The van der Waals surface area contributed by atoms with E-state index in [9.17, 15) is 13.2 Å². The van der Waals surface area contributed by atoms with E-state index < -0.39 is 6.36 Å². The summed E-state index contributed by atoms with van der Waals surface area (Å²) in [6, 6.07) is 6.29. The van der Waals surface area contributed by atoms with Crippen LogP contribution in [0.2, 0.25) is 0 Å². The van der Waals surface area contributed by atoms with Gasteiger partial charge in [0.2, 0.25) is 10.1 Å². The normalized spacial score (nSPS) is 21.4. The first-order chi connectivity index (χ1) is 15.8. The summed E-state index contributed by atoms with van der Waals surface area (Å²) >= 11 is 1.46. The van der Waals surface area contributed by atoms with E-state index in [-0.39, 0.29) is 5.75 Å². The van der Waals surface area contributed by atoms with Crippen molar-refractivity contribution in [3.05, 3.63) is 30.5 Å². The van der Waals surface area contributed by atoms with Crippen molar-refractivity contribution in [1.82, 2.24) is 19.5 Å². The Bertz CT molecular complexity index is 1110. The van der Waals surface area contributed by atoms with Gasteiger partial charge >= 0.3 is 6.36 Å². The standard InChI is InChI=1S/C23H26F3N5OS/c24-23(25,26)32-18-3-1-2-16(10-18)19-14-31-21(28-19)33-20(29-31)27-17-11-22(12-17)6-8-30(9-7-22)13-15-4-5-15/h1-3,10,14-15,17H,4-9,11-13H2,(H,27,29). The van der Waals surface area contributed by atoms with Crippen LogP contribution in [0.5, 0.6) is 5.75 Å². The van der Waals surface area contributed by atoms with Crippen LogP contribution in [0.15, 0.2) is 30.5 Å². The number of rotatable bonds is 6. The van der Waals surface area contributed by atoms with Gasteiger partial charge in [0.05, 0.1) is 11.9 Å². The summed E-state index contributed by atoms with van der Waals surface area (Å²) in [7, 11) is 0. The SMILES string of the molecule is FC(F)(F)Oc1cccc(-c2cn3nc(NC4CC5(CCN(CC6CC6)CC5)C4)sc3n2)c1. The Morgan fingerprint density at radius 3 is 2.67 bits per heavy atom. The van der Waals surface area contributed by atoms with Crippen LogP contribution in [0.4, 0.5) is 18.3 Å². The second-order valence-corrected chi connectivity index (χ2v) is 10.8. The molecular weight excluding hydrogens is 451 g/mol. The first kappa shape index (κ1) is 21.2. The zero-order valence-corrected chi connectivity index (χ0v) is 19.0. The van der Waals surface area contributed by atoms with Gasteiger partial charge in [-0.2, -0.15) is 0 Å². The molecule has 3 fully saturated rings. The Kier molecular flexibility index (Phi) is 5.06. The number of fused-ring (bicyclic) bond motifs is 1. The number of likely N-dealkylation sites (tertiary alicyclic amines) is 1. The number of benzene rings is 1. The largest absolute Gasteiger partial charge is 0.573 e. The predicted octanol–water partition coefficient (Wildman–Crippen LogP) is 5.42. The van der Waals surface area contributed by atoms with Gasteiger partial charge in [-0.15, -0.1) is 18.3 Å². The minimum Gasteiger partial charge on any atom is -0.406 e. The monoisotopic (exact) mass is 477 g/mol. The van der Waals surface area contributed by atoms with Crippen molar-refractivity contribution in [2.45, 2.75) is 50.9 Å². The minimum atomic E-state index is -4.72. The van der Waals surface area contributed by atoms with Crippen molar-refractivity contribution < 1.29 is 17.9 Å². The van der Waals surface area contributed by atoms with Crippen LogP contribution < -0.4 is 10.1 Å². The van der Waals surface area contributed by atoms with Crippen molar-refractivity contribution in [2.75, 3.05) is 25.0 Å². The van der Waals surface area contributed by atoms with E-state index in [2.05, 4.69) is 25.0 Å². The fourth-order valence-corrected chi connectivity index (χ4v) is 6.15. The molecule has 0 unspecified atom stereocenters. The van der Waals surface area contributed by atoms with Gasteiger partial charge in [-0.05, 0) is 75.1 Å². The molecule has 6 rings (SSSR count). The molecule has 0 atom stereocenters. The predicted molar refractivity (Wildman–Crippen MR) is 120 cm³/mol. The van der Waals surface area contributed by atoms with E-state index in [0.717, 1.165) is 11.0 Å². The molecule has 3 aliphatic rings. The molecule has 1 saturated heterocycles. The highest BCUT2D eigenvalue weighted by Crippen LogP contribution is 2.50. The number of anilines is 1. The molecule has 1 N–H and O–H groups in total. The van der Waals surface area contributed by atoms with E-state index in [1.165, 1.54) is 87.7 Å². The molecule has 0 bridgehead atoms. The lowest BCUT2D eigenvalue weighted by atomic mass is 9.60. The molecule has 2 aliphatic carbocycles. The quantitative estimate of drug-likeness (QED) is 0.514. The first-order valence-electron chi connectivity index (χ1n) is 11.5. The van der Waals surface area contributed by atoms with E-state index in [4.69, 9.17) is 0 Å². The average molecular weight is 478 g/mol. The molecule has 0 amide bonds. The Hall–Kier alpha value is -2.33. The zero-order valence-electron chi connectivity index (χ0n) is 18.1. The van der Waals surface area contributed by atoms with E-state index in [1.54, 1.807) is 16.8 Å². The number of ether oxygens (including phenoxy) is 1. The molecule has 0 radical (unpaired) electrons. The van der Waals surface area contributed by atoms with Crippen LogP contribution >= 0.6 is 11.3 Å². The number of nitrogens with zero attached hydrogens (tertiary/aromatic N) is 4. The van der Waals surface area contributed by atoms with E-state index >= 15 is 0 Å². The van der Waals surface area contributed by atoms with Crippen LogP contribution in [0.1, 0.15) is 38.5 Å². The van der Waals surface area contributed by atoms with Gasteiger partial charge in [0, 0.05) is 18.2 Å². The average Bonchev–Trinajstić information content (AvgIpc) is 3.33. The molecule has 1 aromatic carbocycles. The molecule has 33 heavy (non-hydrogen) atoms. The first-order valence-corrected chi connectivity index (χ1v) is 12.4. The van der Waals surface area contributed by atoms with Crippen LogP contribution in [-0.2, 0) is 0 Å². The number of halogens is 3. The summed E-state index contributed by atoms with van der Waals surface area (Å²) in [6.45, 7) is 3.79. The lowest BCUT2D eigenvalue weighted by Gasteiger charge is -2.52. The second kappa shape index (κ2) is 7.87. The van der Waals surface area contributed by atoms with Crippen LogP contribution in [0.3, 0.4) is 0 Å². The zero-order chi connectivity index (χ0) is 22.6. The van der Waals surface area contributed by atoms with Crippen LogP contribution in [0, 0.1) is 11.3 Å². The van der Waals surface area contributed by atoms with Gasteiger partial charge in [0.15, 0.2) is 0 Å². The van der Waals surface area contributed by atoms with Gasteiger partial charge in [-0.1, -0.05) is 23.5 Å². The smallest absolute Gasteiger partial charge is 0.406 e. The fraction of sp³-hybridized carbons (Fsp3) is 0.565. The van der Waals surface area contributed by atoms with Crippen molar-refractivity contribution >= 4 is 21.4 Å². The maximum atomic E-state index is 12.5. The molecule has 1 aliphatic heterocycles. The number of alkyl halides is 3. The van der Waals surface area contributed by atoms with Crippen molar-refractivity contribution in [3.63, 3.8) is 0 Å². The lowest BCUT2D eigenvalue weighted by Crippen LogP contribution is -2.51. The number of aromatic nitrogens is 3. The summed E-state index contributed by atoms with van der Waals surface area (Å²) in [4.78, 5) is 7.91. The topological polar surface area (TPSA) is 54.7 Å². The van der Waals surface area contributed by atoms with E-state index in [1.807, 2.05) is 0 Å². The van der Waals surface area contributed by atoms with Crippen molar-refractivity contribution in [3.8, 4) is 17.0 Å². The summed E-state index contributed by atoms with van der Waals surface area (Å²) in [6.07, 6.45) is 4.87. The Morgan fingerprint density at radius 2 is 1.97 bits per heavy atom. The molecule has 6 nitrogen and oxygen atoms in total. The third-order valence-corrected chi connectivity index (χ3v) is 8.08. The van der Waals surface area contributed by atoms with Gasteiger partial charge in [0.25, 0.3) is 0 Å². The van der Waals surface area contributed by atoms with Gasteiger partial charge in [-0.25, -0.2) is 9.50 Å². The van der Waals surface area contributed by atoms with Crippen molar-refractivity contribution in [1.29, 1.82) is 0 Å². The molecule has 2 aromatic heterocycles. The van der Waals surface area contributed by atoms with Gasteiger partial charge in [0.1, 0.15) is 5.75 Å². The molecule has 2 saturated carbocycles. The lowest BCUT2D eigenvalue weighted by molar-refractivity contribution is -0.274. The highest BCUT2D eigenvalue weighted by molar-refractivity contribution is 7.20. The number of imidazole rings is 1. The molecule has 176 valence electrons. The summed E-state index contributed by atoms with van der Waals surface area (Å²) in [5, 5.41) is 8.99. The summed E-state index contributed by atoms with van der Waals surface area (Å²) in [5.74, 6) is 0.709. The second-order valence-electron chi connectivity index (χ2n) is 9.83.